The van der Waals surface area contributed by atoms with Crippen molar-refractivity contribution in [1.82, 2.24) is 9.29 Å². The van der Waals surface area contributed by atoms with Gasteiger partial charge in [0.1, 0.15) is 0 Å². The third-order valence-corrected chi connectivity index (χ3v) is 8.67. The number of non-ortho nitro benzene ring substituents is 1. The van der Waals surface area contributed by atoms with Gasteiger partial charge in [0.05, 0.1) is 36.8 Å². The second-order valence-corrected chi connectivity index (χ2v) is 10.8. The summed E-state index contributed by atoms with van der Waals surface area (Å²) in [4.78, 5) is 17.1. The predicted octanol–water partition coefficient (Wildman–Crippen LogP) is 3.18. The van der Waals surface area contributed by atoms with Gasteiger partial charge in [-0.2, -0.15) is 4.31 Å². The first-order chi connectivity index (χ1) is 17.3. The van der Waals surface area contributed by atoms with E-state index in [1.54, 1.807) is 21.3 Å². The summed E-state index contributed by atoms with van der Waals surface area (Å²) in [7, 11) is 0.871. The van der Waals surface area contributed by atoms with Crippen molar-refractivity contribution in [2.45, 2.75) is 11.3 Å². The van der Waals surface area contributed by atoms with Gasteiger partial charge in [0.2, 0.25) is 15.8 Å². The van der Waals surface area contributed by atoms with E-state index in [1.165, 1.54) is 33.8 Å². The van der Waals surface area contributed by atoms with E-state index in [4.69, 9.17) is 19.2 Å². The van der Waals surface area contributed by atoms with Gasteiger partial charge in [-0.05, 0) is 23.8 Å². The lowest BCUT2D eigenvalue weighted by Crippen LogP contribution is -2.48. The van der Waals surface area contributed by atoms with Gasteiger partial charge in [-0.15, -0.1) is 11.3 Å². The van der Waals surface area contributed by atoms with Crippen LogP contribution >= 0.6 is 11.3 Å². The number of hydrogen-bond acceptors (Lipinski definition) is 10. The Kier molecular flexibility index (Phi) is 7.62. The van der Waals surface area contributed by atoms with Gasteiger partial charge in [-0.3, -0.25) is 10.1 Å². The summed E-state index contributed by atoms with van der Waals surface area (Å²) < 4.78 is 43.6. The Morgan fingerprint density at radius 2 is 1.69 bits per heavy atom. The van der Waals surface area contributed by atoms with Gasteiger partial charge in [0.15, 0.2) is 16.6 Å². The van der Waals surface area contributed by atoms with Crippen LogP contribution in [0.3, 0.4) is 0 Å². The molecule has 13 heteroatoms. The molecule has 0 unspecified atom stereocenters. The summed E-state index contributed by atoms with van der Waals surface area (Å²) in [5.41, 5.74) is 1.57. The van der Waals surface area contributed by atoms with E-state index in [-0.39, 0.29) is 23.7 Å². The molecule has 3 aromatic rings. The highest BCUT2D eigenvalue weighted by Gasteiger charge is 2.30. The van der Waals surface area contributed by atoms with Crippen LogP contribution in [0.15, 0.2) is 46.7 Å². The molecule has 1 aromatic heterocycles. The molecule has 36 heavy (non-hydrogen) atoms. The molecule has 0 aliphatic carbocycles. The van der Waals surface area contributed by atoms with E-state index >= 15 is 0 Å². The van der Waals surface area contributed by atoms with Crippen LogP contribution in [0.5, 0.6) is 17.2 Å². The number of ether oxygens (including phenoxy) is 3. The maximum atomic E-state index is 13.0. The van der Waals surface area contributed by atoms with E-state index in [0.29, 0.717) is 36.8 Å². The van der Waals surface area contributed by atoms with Crippen LogP contribution in [0.2, 0.25) is 0 Å². The molecule has 0 saturated carbocycles. The fourth-order valence-corrected chi connectivity index (χ4v) is 6.34. The summed E-state index contributed by atoms with van der Waals surface area (Å²) in [6.07, 6.45) is 0.564. The Balaban J connectivity index is 1.43. The number of nitrogens with zero attached hydrogens (tertiary/aromatic N) is 4. The molecule has 192 valence electrons. The Hall–Kier alpha value is -3.42. The summed E-state index contributed by atoms with van der Waals surface area (Å²) in [6, 6.07) is 8.90. The molecule has 2 aromatic carbocycles. The second kappa shape index (κ2) is 10.7. The first-order valence-electron chi connectivity index (χ1n) is 11.0. The first kappa shape index (κ1) is 25.7. The van der Waals surface area contributed by atoms with Crippen molar-refractivity contribution < 1.29 is 27.6 Å². The molecule has 2 heterocycles. The fourth-order valence-electron chi connectivity index (χ4n) is 4.00. The molecule has 1 fully saturated rings. The molecule has 11 nitrogen and oxygen atoms in total. The van der Waals surface area contributed by atoms with Gasteiger partial charge >= 0.3 is 0 Å². The van der Waals surface area contributed by atoms with Gasteiger partial charge in [0.25, 0.3) is 5.69 Å². The third-order valence-electron chi connectivity index (χ3n) is 5.82. The van der Waals surface area contributed by atoms with E-state index < -0.39 is 14.9 Å². The number of sulfonamides is 1. The van der Waals surface area contributed by atoms with Crippen LogP contribution in [-0.4, -0.2) is 70.1 Å². The number of nitro benzene ring substituents is 1. The Morgan fingerprint density at radius 3 is 2.28 bits per heavy atom. The zero-order valence-electron chi connectivity index (χ0n) is 20.0. The van der Waals surface area contributed by atoms with Crippen LogP contribution in [0, 0.1) is 10.1 Å². The molecular weight excluding hydrogens is 508 g/mol. The number of benzene rings is 2. The molecule has 0 amide bonds. The number of aromatic nitrogens is 1. The van der Waals surface area contributed by atoms with Crippen molar-refractivity contribution in [3.63, 3.8) is 0 Å². The topological polar surface area (TPSA) is 124 Å². The van der Waals surface area contributed by atoms with E-state index in [1.807, 2.05) is 22.4 Å². The Morgan fingerprint density at radius 1 is 1.03 bits per heavy atom. The van der Waals surface area contributed by atoms with Crippen LogP contribution < -0.4 is 19.1 Å². The molecule has 1 saturated heterocycles. The van der Waals surface area contributed by atoms with Crippen LogP contribution in [-0.2, 0) is 16.4 Å². The highest BCUT2D eigenvalue weighted by Crippen LogP contribution is 2.39. The molecule has 0 spiro atoms. The van der Waals surface area contributed by atoms with Gasteiger partial charge < -0.3 is 19.1 Å². The number of rotatable bonds is 9. The number of methoxy groups -OCH3 is 3. The number of thiazole rings is 1. The predicted molar refractivity (Wildman–Crippen MR) is 135 cm³/mol. The van der Waals surface area contributed by atoms with Crippen molar-refractivity contribution in [2.75, 3.05) is 52.4 Å². The third kappa shape index (κ3) is 5.22. The quantitative estimate of drug-likeness (QED) is 0.301. The van der Waals surface area contributed by atoms with Crippen LogP contribution in [0.25, 0.3) is 0 Å². The average Bonchev–Trinajstić information content (AvgIpc) is 3.36. The summed E-state index contributed by atoms with van der Waals surface area (Å²) in [5, 5.41) is 13.8. The standard InChI is InChI=1S/C23H26N4O7S2/c1-32-20-12-16(13-21(33-2)22(20)34-3)11-17-15-35-23(24-17)25-7-9-26(10-8-25)36(30,31)19-6-4-5-18(14-19)27(28)29/h4-6,12-15H,7-11H2,1-3H3. The van der Waals surface area contributed by atoms with Gasteiger partial charge in [0, 0.05) is 50.1 Å². The zero-order valence-corrected chi connectivity index (χ0v) is 21.7. The summed E-state index contributed by atoms with van der Waals surface area (Å²) >= 11 is 1.50. The SMILES string of the molecule is COc1cc(Cc2csc(N3CCN(S(=O)(=O)c4cccc([N+](=O)[O-])c4)CC3)n2)cc(OC)c1OC. The molecule has 0 radical (unpaired) electrons. The van der Waals surface area contributed by atoms with E-state index in [0.717, 1.165) is 22.5 Å². The summed E-state index contributed by atoms with van der Waals surface area (Å²) in [6.45, 7) is 1.44. The maximum absolute atomic E-state index is 13.0. The lowest BCUT2D eigenvalue weighted by molar-refractivity contribution is -0.385. The molecule has 1 aliphatic heterocycles. The molecular formula is C23H26N4O7S2. The highest BCUT2D eigenvalue weighted by molar-refractivity contribution is 7.89. The van der Waals surface area contributed by atoms with Crippen molar-refractivity contribution >= 4 is 32.2 Å². The Labute approximate surface area is 213 Å². The lowest BCUT2D eigenvalue weighted by atomic mass is 10.1. The number of piperazine rings is 1. The van der Waals surface area contributed by atoms with Crippen LogP contribution in [0.1, 0.15) is 11.3 Å². The van der Waals surface area contributed by atoms with Crippen molar-refractivity contribution in [2.24, 2.45) is 0 Å². The largest absolute Gasteiger partial charge is 0.493 e. The van der Waals surface area contributed by atoms with E-state index in [9.17, 15) is 18.5 Å². The normalized spacial score (nSPS) is 14.5. The maximum Gasteiger partial charge on any atom is 0.270 e. The minimum absolute atomic E-state index is 0.0768. The highest BCUT2D eigenvalue weighted by atomic mass is 32.2. The first-order valence-corrected chi connectivity index (χ1v) is 13.3. The summed E-state index contributed by atoms with van der Waals surface area (Å²) in [5.74, 6) is 1.67. The van der Waals surface area contributed by atoms with Gasteiger partial charge in [-0.1, -0.05) is 6.07 Å². The lowest BCUT2D eigenvalue weighted by Gasteiger charge is -2.33. The minimum Gasteiger partial charge on any atom is -0.493 e. The molecule has 1 aliphatic rings. The molecule has 4 rings (SSSR count). The molecule has 0 atom stereocenters. The van der Waals surface area contributed by atoms with E-state index in [2.05, 4.69) is 0 Å². The molecule has 0 N–H and O–H groups in total. The molecule has 0 bridgehead atoms. The average molecular weight is 535 g/mol. The van der Waals surface area contributed by atoms with Crippen molar-refractivity contribution in [3.05, 3.63) is 63.1 Å². The smallest absolute Gasteiger partial charge is 0.270 e. The monoisotopic (exact) mass is 534 g/mol. The minimum atomic E-state index is -3.83. The zero-order chi connectivity index (χ0) is 25.9. The van der Waals surface area contributed by atoms with Gasteiger partial charge in [-0.25, -0.2) is 13.4 Å². The number of nitro groups is 1. The van der Waals surface area contributed by atoms with Crippen molar-refractivity contribution in [3.8, 4) is 17.2 Å². The van der Waals surface area contributed by atoms with Crippen molar-refractivity contribution in [1.29, 1.82) is 0 Å². The fraction of sp³-hybridized carbons (Fsp3) is 0.348. The van der Waals surface area contributed by atoms with Crippen LogP contribution in [0.4, 0.5) is 10.8 Å². The Bertz CT molecular complexity index is 1330. The number of hydrogen-bond donors (Lipinski definition) is 0. The second-order valence-electron chi connectivity index (χ2n) is 7.98. The number of anilines is 1.